The normalized spacial score (nSPS) is 35.1. The molecular weight excluding hydrogens is 1690 g/mol. The van der Waals surface area contributed by atoms with Gasteiger partial charge in [0, 0.05) is 40.0 Å². The number of hydrogen-bond acceptors (Lipinski definition) is 37. The van der Waals surface area contributed by atoms with E-state index in [0.29, 0.717) is 12.8 Å². The third-order valence-electron chi connectivity index (χ3n) is 24.1. The lowest BCUT2D eigenvalue weighted by Gasteiger charge is -2.53. The Bertz CT molecular complexity index is 3200. The molecule has 34 atom stereocenters. The molecule has 43 nitrogen and oxygen atoms in total. The highest BCUT2D eigenvalue weighted by molar-refractivity contribution is 5.78. The van der Waals surface area contributed by atoms with Gasteiger partial charge in [-0.3, -0.25) is 19.2 Å². The number of aliphatic hydroxyl groups is 19. The maximum atomic E-state index is 14.4. The third kappa shape index (κ3) is 32.6. The second-order valence-corrected chi connectivity index (χ2v) is 34.2. The number of amides is 4. The number of carboxylic acids is 2. The van der Waals surface area contributed by atoms with E-state index in [1.165, 1.54) is 102 Å². The summed E-state index contributed by atoms with van der Waals surface area (Å²) in [7, 11) is 0. The van der Waals surface area contributed by atoms with Gasteiger partial charge in [0.15, 0.2) is 25.2 Å². The van der Waals surface area contributed by atoms with Crippen molar-refractivity contribution in [3.8, 4) is 0 Å². The average Bonchev–Trinajstić information content (AvgIpc) is 0.742. The number of ether oxygens (including phenoxy) is 12. The van der Waals surface area contributed by atoms with Gasteiger partial charge in [-0.15, -0.1) is 0 Å². The second kappa shape index (κ2) is 56.5. The first kappa shape index (κ1) is 111. The lowest BCUT2D eigenvalue weighted by atomic mass is 9.87. The summed E-state index contributed by atoms with van der Waals surface area (Å²) in [6.45, 7) is -0.998. The van der Waals surface area contributed by atoms with Crippen molar-refractivity contribution in [2.75, 3.05) is 46.2 Å². The van der Waals surface area contributed by atoms with E-state index in [9.17, 15) is 136 Å². The van der Waals surface area contributed by atoms with Crippen LogP contribution in [0.1, 0.15) is 227 Å². The summed E-state index contributed by atoms with van der Waals surface area (Å²) in [5.41, 5.74) is 0. The fraction of sp³-hybridized carbons (Fsp3) is 0.905. The van der Waals surface area contributed by atoms with Gasteiger partial charge in [0.25, 0.3) is 11.6 Å². The van der Waals surface area contributed by atoms with E-state index in [4.69, 9.17) is 56.8 Å². The molecule has 738 valence electrons. The van der Waals surface area contributed by atoms with Gasteiger partial charge in [0.2, 0.25) is 23.6 Å². The fourth-order valence-corrected chi connectivity index (χ4v) is 16.9. The number of nitrogens with one attached hydrogen (secondary N) is 4. The standard InChI is InChI=1S/C84H148N4O39/c1-6-8-10-12-14-16-18-20-21-23-25-27-29-31-33-35-58(102)88-48(49(98)34-32-30-28-26-24-22-19-17-15-13-11-9-7-2)44-116-78-69(110)67(108)71(56(42-93)119-78)121-80-70(111)76(72(57(43-94)120-80)122-77-61(87-47(5)97)73(64(105)54(40-91)117-77)123-79-68(109)66(107)63(104)53(39-90)118-79)127-84(82(114)115)37-51(100)60(86-46(4)96)75(126-84)65(106)55(41-92)124-83(81(112)113)36-50(99)59(85-45(3)95)74(125-83)62(103)52(101)38-89/h32,34,48-57,59-80,89-94,98-101,103-111H,6-31,33,35-44H2,1-5H3,(H,85,95)(H,86,96)(H,87,97)(H,88,102)(H,112,113)(H,114,115)/b34-32+/t48-,49+,50-,51-,52-,53+,54+,55+,56+,57+,59-,60-,61+,62-,63+,64+,65-,66+,67-,68+,69+,70+,71-,72+,73-,74+,75-,76-,77+,78-,79+,80+,83+,84-/m1/s1. The second-order valence-electron chi connectivity index (χ2n) is 34.2. The molecule has 0 aromatic carbocycles. The zero-order valence-electron chi connectivity index (χ0n) is 73.5. The van der Waals surface area contributed by atoms with E-state index in [1.54, 1.807) is 6.08 Å². The van der Waals surface area contributed by atoms with Gasteiger partial charge in [-0.05, 0) is 19.3 Å². The van der Waals surface area contributed by atoms with E-state index >= 15 is 0 Å². The Morgan fingerprint density at radius 1 is 0.425 bits per heavy atom. The molecule has 0 saturated carbocycles. The summed E-state index contributed by atoms with van der Waals surface area (Å²) in [6.07, 6.45) is -32.1. The summed E-state index contributed by atoms with van der Waals surface area (Å²) < 4.78 is 72.2. The summed E-state index contributed by atoms with van der Waals surface area (Å²) in [5.74, 6) is -15.0. The number of unbranched alkanes of at least 4 members (excludes halogenated alkanes) is 25. The number of rotatable bonds is 59. The number of carbonyl (C=O) groups excluding carboxylic acids is 4. The largest absolute Gasteiger partial charge is 0.477 e. The zero-order chi connectivity index (χ0) is 93.8. The molecule has 6 rings (SSSR count). The van der Waals surface area contributed by atoms with E-state index in [0.717, 1.165) is 85.0 Å². The van der Waals surface area contributed by atoms with Gasteiger partial charge >= 0.3 is 11.9 Å². The molecule has 0 spiro atoms. The molecule has 25 N–H and O–H groups in total. The molecule has 0 aromatic rings. The van der Waals surface area contributed by atoms with Crippen LogP contribution in [0.25, 0.3) is 0 Å². The van der Waals surface area contributed by atoms with Crippen LogP contribution in [0, 0.1) is 0 Å². The Kier molecular flexibility index (Phi) is 49.4. The van der Waals surface area contributed by atoms with Crippen molar-refractivity contribution in [3.05, 3.63) is 12.2 Å². The van der Waals surface area contributed by atoms with Crippen LogP contribution in [0.3, 0.4) is 0 Å². The Hall–Kier alpha value is -4.68. The maximum Gasteiger partial charge on any atom is 0.364 e. The van der Waals surface area contributed by atoms with Crippen molar-refractivity contribution in [1.82, 2.24) is 21.3 Å². The highest BCUT2D eigenvalue weighted by atomic mass is 16.8. The summed E-state index contributed by atoms with van der Waals surface area (Å²) in [4.78, 5) is 80.3. The molecule has 0 bridgehead atoms. The van der Waals surface area contributed by atoms with Gasteiger partial charge in [-0.25, -0.2) is 9.59 Å². The third-order valence-corrected chi connectivity index (χ3v) is 24.1. The predicted octanol–water partition coefficient (Wildman–Crippen LogP) is -3.87. The molecule has 0 aromatic heterocycles. The molecule has 43 heteroatoms. The van der Waals surface area contributed by atoms with Crippen molar-refractivity contribution in [3.63, 3.8) is 0 Å². The van der Waals surface area contributed by atoms with Crippen LogP contribution in [0.5, 0.6) is 0 Å². The van der Waals surface area contributed by atoms with E-state index in [1.807, 2.05) is 0 Å². The number of hydrogen-bond donors (Lipinski definition) is 25. The van der Waals surface area contributed by atoms with Crippen molar-refractivity contribution in [2.45, 2.75) is 435 Å². The molecule has 6 aliphatic heterocycles. The van der Waals surface area contributed by atoms with Crippen molar-refractivity contribution in [1.29, 1.82) is 0 Å². The SMILES string of the molecule is CCCCCCCCCCCCC/C=C/[C@H](O)[C@@H](CO[C@@H]1O[C@@H](CO)[C@@H](O[C@@H]2O[C@@H](CO)[C@H](O[C@@H]3O[C@@H](CO)[C@H](O)[C@H](O[C@@H]4O[C@@H](CO)[C@H](O)[C@H](O)[C@@H]4O)[C@@H]3NC(C)=O)[C@H](O[C@@]3(C(=O)O)C[C@@H](O)[C@@H](NC(C)=O)[C@H]([C@H](O)[C@H](CO)O[C@@]4(C(=O)O)C[C@@H](O)[C@@H](NC(C)=O)[C@@H]([C@H](O)[C@H](O)CO)O4)O3)[C@@H]2O)[C@H](O)[C@@H]1O)NC(=O)CCCCCCCCCCCCCCCCC. The first-order valence-electron chi connectivity index (χ1n) is 45.2. The minimum absolute atomic E-state index is 0.0856. The molecular formula is C84H148N4O39. The molecule has 0 unspecified atom stereocenters. The average molecular weight is 1840 g/mol. The highest BCUT2D eigenvalue weighted by Crippen LogP contribution is 2.43. The molecule has 4 amide bonds. The summed E-state index contributed by atoms with van der Waals surface area (Å²) in [6, 6.07) is -7.14. The minimum atomic E-state index is -3.69. The van der Waals surface area contributed by atoms with E-state index in [2.05, 4.69) is 35.1 Å². The topological polar surface area (TPSA) is 686 Å². The fourth-order valence-electron chi connectivity index (χ4n) is 16.9. The van der Waals surface area contributed by atoms with Crippen LogP contribution in [0.2, 0.25) is 0 Å². The monoisotopic (exact) mass is 1840 g/mol. The molecule has 127 heavy (non-hydrogen) atoms. The van der Waals surface area contributed by atoms with E-state index in [-0.39, 0.29) is 6.42 Å². The Morgan fingerprint density at radius 2 is 0.835 bits per heavy atom. The quantitative estimate of drug-likeness (QED) is 0.0205. The van der Waals surface area contributed by atoms with Gasteiger partial charge in [0.05, 0.1) is 82.7 Å². The molecule has 6 saturated heterocycles. The van der Waals surface area contributed by atoms with Gasteiger partial charge in [-0.1, -0.05) is 180 Å². The van der Waals surface area contributed by atoms with Crippen LogP contribution in [0.15, 0.2) is 12.2 Å². The molecule has 6 aliphatic rings. The highest BCUT2D eigenvalue weighted by Gasteiger charge is 2.64. The number of carboxylic acid groups (broad SMARTS) is 2. The van der Waals surface area contributed by atoms with Crippen LogP contribution >= 0.6 is 0 Å². The minimum Gasteiger partial charge on any atom is -0.477 e. The maximum absolute atomic E-state index is 14.4. The molecule has 6 fully saturated rings. The van der Waals surface area contributed by atoms with Crippen molar-refractivity contribution < 1.29 is 193 Å². The number of allylic oxidation sites excluding steroid dienone is 1. The van der Waals surface area contributed by atoms with Gasteiger partial charge in [0.1, 0.15) is 134 Å². The van der Waals surface area contributed by atoms with Crippen LogP contribution in [-0.2, 0) is 85.6 Å². The van der Waals surface area contributed by atoms with Gasteiger partial charge < -0.3 is 185 Å². The van der Waals surface area contributed by atoms with Crippen LogP contribution in [0.4, 0.5) is 0 Å². The summed E-state index contributed by atoms with van der Waals surface area (Å²) >= 11 is 0. The van der Waals surface area contributed by atoms with E-state index < -0.39 is 302 Å². The smallest absolute Gasteiger partial charge is 0.364 e. The van der Waals surface area contributed by atoms with Crippen molar-refractivity contribution >= 4 is 35.6 Å². The number of aliphatic carboxylic acids is 2. The van der Waals surface area contributed by atoms with Gasteiger partial charge in [-0.2, -0.15) is 0 Å². The Morgan fingerprint density at radius 3 is 1.32 bits per heavy atom. The zero-order valence-corrected chi connectivity index (χ0v) is 73.5. The number of carbonyl (C=O) groups is 6. The van der Waals surface area contributed by atoms with Crippen LogP contribution in [-0.4, -0.2) is 396 Å². The number of aliphatic hydroxyl groups excluding tert-OH is 19. The summed E-state index contributed by atoms with van der Waals surface area (Å²) in [5, 5.41) is 247. The van der Waals surface area contributed by atoms with Crippen LogP contribution < -0.4 is 21.3 Å². The molecule has 0 aliphatic carbocycles. The molecule has 0 radical (unpaired) electrons. The molecule has 6 heterocycles. The lowest BCUT2D eigenvalue weighted by molar-refractivity contribution is -0.404. The predicted molar refractivity (Wildman–Crippen MR) is 440 cm³/mol. The Balaban J connectivity index is 1.33. The lowest BCUT2D eigenvalue weighted by Crippen LogP contribution is -2.73. The first-order chi connectivity index (χ1) is 60.6. The first-order valence-corrected chi connectivity index (χ1v) is 45.2. The van der Waals surface area contributed by atoms with Crippen molar-refractivity contribution in [2.24, 2.45) is 0 Å². The Labute approximate surface area is 740 Å².